The fourth-order valence-corrected chi connectivity index (χ4v) is 2.01. The zero-order valence-corrected chi connectivity index (χ0v) is 12.0. The molecule has 21 heavy (non-hydrogen) atoms. The highest BCUT2D eigenvalue weighted by Crippen LogP contribution is 2.27. The van der Waals surface area contributed by atoms with E-state index in [0.717, 1.165) is 11.6 Å². The maximum atomic E-state index is 13.9. The maximum Gasteiger partial charge on any atom is 0.166 e. The summed E-state index contributed by atoms with van der Waals surface area (Å²) in [6, 6.07) is 5.70. The summed E-state index contributed by atoms with van der Waals surface area (Å²) in [6.07, 6.45) is 3.63. The number of aromatic nitrogens is 2. The third-order valence-electron chi connectivity index (χ3n) is 3.23. The van der Waals surface area contributed by atoms with Crippen LogP contribution < -0.4 is 10.5 Å². The van der Waals surface area contributed by atoms with Gasteiger partial charge in [-0.2, -0.15) is 10.4 Å². The van der Waals surface area contributed by atoms with E-state index in [1.165, 1.54) is 12.1 Å². The smallest absolute Gasteiger partial charge is 0.166 e. The Morgan fingerprint density at radius 1 is 1.52 bits per heavy atom. The molecule has 0 saturated heterocycles. The number of rotatable bonds is 5. The van der Waals surface area contributed by atoms with Gasteiger partial charge < -0.3 is 10.5 Å². The minimum Gasteiger partial charge on any atom is -0.481 e. The molecule has 0 spiro atoms. The van der Waals surface area contributed by atoms with E-state index in [1.54, 1.807) is 24.1 Å². The third-order valence-corrected chi connectivity index (χ3v) is 3.23. The molecule has 0 aliphatic heterocycles. The van der Waals surface area contributed by atoms with Crippen LogP contribution in [0.2, 0.25) is 0 Å². The first-order chi connectivity index (χ1) is 10.0. The first-order valence-corrected chi connectivity index (χ1v) is 6.65. The molecule has 1 heterocycles. The molecule has 0 amide bonds. The van der Waals surface area contributed by atoms with Crippen LogP contribution in [0, 0.1) is 17.1 Å². The van der Waals surface area contributed by atoms with Crippen molar-refractivity contribution in [2.24, 2.45) is 12.8 Å². The first kappa shape index (κ1) is 15.0. The molecule has 0 fully saturated rings. The molecule has 2 atom stereocenters. The molecule has 1 aromatic carbocycles. The number of aryl methyl sites for hydroxylation is 1. The normalized spacial score (nSPS) is 13.5. The van der Waals surface area contributed by atoms with Gasteiger partial charge in [0.25, 0.3) is 0 Å². The summed E-state index contributed by atoms with van der Waals surface area (Å²) in [5.41, 5.74) is 7.11. The second-order valence-corrected chi connectivity index (χ2v) is 4.81. The second kappa shape index (κ2) is 6.37. The number of ether oxygens (including phenoxy) is 1. The molecule has 5 nitrogen and oxygen atoms in total. The fourth-order valence-electron chi connectivity index (χ4n) is 2.01. The van der Waals surface area contributed by atoms with Crippen LogP contribution in [0.4, 0.5) is 4.39 Å². The molecule has 0 aliphatic carbocycles. The maximum absolute atomic E-state index is 13.9. The van der Waals surface area contributed by atoms with Crippen LogP contribution in [-0.4, -0.2) is 15.8 Å². The van der Waals surface area contributed by atoms with Crippen LogP contribution in [-0.2, 0) is 7.05 Å². The average Bonchev–Trinajstić information content (AvgIpc) is 2.91. The molecule has 2 N–H and O–H groups in total. The molecule has 1 aromatic heterocycles. The SMILES string of the molecule is CCC(N)C(Oc1ccc(C#N)cc1F)c1cnn(C)c1. The monoisotopic (exact) mass is 288 g/mol. The number of halogens is 1. The van der Waals surface area contributed by atoms with Gasteiger partial charge in [-0.25, -0.2) is 4.39 Å². The Balaban J connectivity index is 2.29. The molecule has 0 radical (unpaired) electrons. The van der Waals surface area contributed by atoms with Crippen LogP contribution in [0.5, 0.6) is 5.75 Å². The molecule has 0 aliphatic rings. The summed E-state index contributed by atoms with van der Waals surface area (Å²) >= 11 is 0. The molecule has 110 valence electrons. The van der Waals surface area contributed by atoms with Gasteiger partial charge in [0.05, 0.1) is 17.8 Å². The van der Waals surface area contributed by atoms with Crippen LogP contribution in [0.15, 0.2) is 30.6 Å². The highest BCUT2D eigenvalue weighted by Gasteiger charge is 2.23. The van der Waals surface area contributed by atoms with Crippen LogP contribution >= 0.6 is 0 Å². The molecule has 2 rings (SSSR count). The van der Waals surface area contributed by atoms with Crippen molar-refractivity contribution in [3.8, 4) is 11.8 Å². The molecular formula is C15H17FN4O. The lowest BCUT2D eigenvalue weighted by Crippen LogP contribution is -2.31. The van der Waals surface area contributed by atoms with Gasteiger partial charge in [-0.1, -0.05) is 6.92 Å². The van der Waals surface area contributed by atoms with Crippen molar-refractivity contribution < 1.29 is 9.13 Å². The van der Waals surface area contributed by atoms with Gasteiger partial charge >= 0.3 is 0 Å². The Morgan fingerprint density at radius 3 is 2.81 bits per heavy atom. The van der Waals surface area contributed by atoms with E-state index >= 15 is 0 Å². The van der Waals surface area contributed by atoms with Crippen LogP contribution in [0.3, 0.4) is 0 Å². The van der Waals surface area contributed by atoms with Crippen molar-refractivity contribution in [3.05, 3.63) is 47.5 Å². The Hall–Kier alpha value is -2.39. The van der Waals surface area contributed by atoms with Gasteiger partial charge in [0.2, 0.25) is 0 Å². The van der Waals surface area contributed by atoms with Crippen LogP contribution in [0.1, 0.15) is 30.6 Å². The number of benzene rings is 1. The van der Waals surface area contributed by atoms with Gasteiger partial charge in [0.15, 0.2) is 11.6 Å². The highest BCUT2D eigenvalue weighted by atomic mass is 19.1. The lowest BCUT2D eigenvalue weighted by Gasteiger charge is -2.23. The zero-order valence-electron chi connectivity index (χ0n) is 12.0. The van der Waals surface area contributed by atoms with Gasteiger partial charge in [-0.15, -0.1) is 0 Å². The Bertz CT molecular complexity index is 662. The second-order valence-electron chi connectivity index (χ2n) is 4.81. The lowest BCUT2D eigenvalue weighted by atomic mass is 10.0. The van der Waals surface area contributed by atoms with E-state index in [1.807, 2.05) is 13.0 Å². The summed E-state index contributed by atoms with van der Waals surface area (Å²) in [5, 5.41) is 12.8. The largest absolute Gasteiger partial charge is 0.481 e. The summed E-state index contributed by atoms with van der Waals surface area (Å²) in [7, 11) is 1.79. The number of hydrogen-bond donors (Lipinski definition) is 1. The number of hydrogen-bond acceptors (Lipinski definition) is 4. The first-order valence-electron chi connectivity index (χ1n) is 6.65. The summed E-state index contributed by atoms with van der Waals surface area (Å²) < 4.78 is 21.3. The Morgan fingerprint density at radius 2 is 2.29 bits per heavy atom. The molecular weight excluding hydrogens is 271 g/mol. The molecule has 0 bridgehead atoms. The van der Waals surface area contributed by atoms with Crippen molar-refractivity contribution >= 4 is 0 Å². The molecule has 2 aromatic rings. The van der Waals surface area contributed by atoms with Crippen molar-refractivity contribution in [3.63, 3.8) is 0 Å². The van der Waals surface area contributed by atoms with E-state index in [9.17, 15) is 4.39 Å². The predicted octanol–water partition coefficient (Wildman–Crippen LogP) is 2.29. The van der Waals surface area contributed by atoms with Crippen molar-refractivity contribution in [2.75, 3.05) is 0 Å². The van der Waals surface area contributed by atoms with E-state index in [-0.39, 0.29) is 17.4 Å². The zero-order chi connectivity index (χ0) is 15.4. The average molecular weight is 288 g/mol. The van der Waals surface area contributed by atoms with E-state index in [4.69, 9.17) is 15.7 Å². The van der Waals surface area contributed by atoms with Gasteiger partial charge in [-0.3, -0.25) is 4.68 Å². The quantitative estimate of drug-likeness (QED) is 0.915. The van der Waals surface area contributed by atoms with E-state index < -0.39 is 11.9 Å². The minimum absolute atomic E-state index is 0.0757. The molecule has 6 heteroatoms. The van der Waals surface area contributed by atoms with Crippen LogP contribution in [0.25, 0.3) is 0 Å². The minimum atomic E-state index is -0.578. The predicted molar refractivity (Wildman–Crippen MR) is 76.0 cm³/mol. The third kappa shape index (κ3) is 3.38. The molecule has 2 unspecified atom stereocenters. The number of nitrogens with two attached hydrogens (primary N) is 1. The van der Waals surface area contributed by atoms with Crippen molar-refractivity contribution in [1.82, 2.24) is 9.78 Å². The van der Waals surface area contributed by atoms with Gasteiger partial charge in [0.1, 0.15) is 6.10 Å². The number of nitrogens with zero attached hydrogens (tertiary/aromatic N) is 3. The summed E-state index contributed by atoms with van der Waals surface area (Å²) in [4.78, 5) is 0. The van der Waals surface area contributed by atoms with Crippen molar-refractivity contribution in [1.29, 1.82) is 5.26 Å². The Kier molecular flexibility index (Phi) is 4.55. The van der Waals surface area contributed by atoms with E-state index in [2.05, 4.69) is 5.10 Å². The topological polar surface area (TPSA) is 76.9 Å². The standard InChI is InChI=1S/C15H17FN4O/c1-3-13(18)15(11-8-19-20(2)9-11)21-14-5-4-10(7-17)6-12(14)16/h4-6,8-9,13,15H,3,18H2,1-2H3. The van der Waals surface area contributed by atoms with Gasteiger partial charge in [0, 0.05) is 24.8 Å². The highest BCUT2D eigenvalue weighted by molar-refractivity contribution is 5.36. The molecule has 0 saturated carbocycles. The fraction of sp³-hybridized carbons (Fsp3) is 0.333. The van der Waals surface area contributed by atoms with Gasteiger partial charge in [-0.05, 0) is 24.6 Å². The number of nitriles is 1. The summed E-state index contributed by atoms with van der Waals surface area (Å²) in [6.45, 7) is 1.94. The lowest BCUT2D eigenvalue weighted by molar-refractivity contribution is 0.163. The van der Waals surface area contributed by atoms with Crippen molar-refractivity contribution in [2.45, 2.75) is 25.5 Å². The Labute approximate surface area is 122 Å². The summed E-state index contributed by atoms with van der Waals surface area (Å²) in [5.74, 6) is -0.502. The van der Waals surface area contributed by atoms with E-state index in [0.29, 0.717) is 6.42 Å².